The van der Waals surface area contributed by atoms with Crippen LogP contribution < -0.4 is 0 Å². The van der Waals surface area contributed by atoms with Crippen LogP contribution in [0, 0.1) is 6.92 Å². The molecule has 0 spiro atoms. The van der Waals surface area contributed by atoms with Crippen molar-refractivity contribution < 1.29 is 23.1 Å². The van der Waals surface area contributed by atoms with Crippen molar-refractivity contribution in [2.45, 2.75) is 13.1 Å². The van der Waals surface area contributed by atoms with Gasteiger partial charge in [0.2, 0.25) is 0 Å². The highest BCUT2D eigenvalue weighted by molar-refractivity contribution is 6.30. The highest BCUT2D eigenvalue weighted by atomic mass is 35.5. The van der Waals surface area contributed by atoms with E-state index in [1.54, 1.807) is 0 Å². The van der Waals surface area contributed by atoms with E-state index < -0.39 is 23.4 Å². The lowest BCUT2D eigenvalue weighted by Crippen LogP contribution is -2.12. The molecule has 1 heterocycles. The van der Waals surface area contributed by atoms with Gasteiger partial charge in [-0.1, -0.05) is 16.8 Å². The number of carboxylic acid groups (broad SMARTS) is 1. The number of rotatable bonds is 2. The van der Waals surface area contributed by atoms with Crippen LogP contribution in [0.1, 0.15) is 21.7 Å². The highest BCUT2D eigenvalue weighted by Crippen LogP contribution is 2.35. The Labute approximate surface area is 115 Å². The number of nitrogens with zero attached hydrogens (tertiary/aromatic N) is 3. The SMILES string of the molecule is Cc1c(C(=O)O)nnn1-c1ccc(Cl)cc1C(F)(F)F. The summed E-state index contributed by atoms with van der Waals surface area (Å²) >= 11 is 5.57. The Morgan fingerprint density at radius 3 is 2.55 bits per heavy atom. The van der Waals surface area contributed by atoms with Gasteiger partial charge in [-0.3, -0.25) is 0 Å². The number of carbonyl (C=O) groups is 1. The van der Waals surface area contributed by atoms with Crippen LogP contribution in [-0.4, -0.2) is 26.1 Å². The summed E-state index contributed by atoms with van der Waals surface area (Å²) in [5.74, 6) is -1.36. The lowest BCUT2D eigenvalue weighted by atomic mass is 10.1. The van der Waals surface area contributed by atoms with Crippen molar-refractivity contribution in [1.29, 1.82) is 0 Å². The van der Waals surface area contributed by atoms with Crippen molar-refractivity contribution in [3.63, 3.8) is 0 Å². The zero-order valence-corrected chi connectivity index (χ0v) is 10.7. The van der Waals surface area contributed by atoms with E-state index in [-0.39, 0.29) is 16.4 Å². The lowest BCUT2D eigenvalue weighted by molar-refractivity contribution is -0.137. The molecule has 1 aromatic carbocycles. The molecule has 0 amide bonds. The van der Waals surface area contributed by atoms with Crippen molar-refractivity contribution in [2.24, 2.45) is 0 Å². The summed E-state index contributed by atoms with van der Waals surface area (Å²) < 4.78 is 39.7. The number of aromatic nitrogens is 3. The molecule has 0 aliphatic heterocycles. The molecule has 0 radical (unpaired) electrons. The first-order valence-corrected chi connectivity index (χ1v) is 5.62. The fraction of sp³-hybridized carbons (Fsp3) is 0.182. The monoisotopic (exact) mass is 305 g/mol. The first kappa shape index (κ1) is 14.3. The predicted octanol–water partition coefficient (Wildman–Crippen LogP) is 2.95. The quantitative estimate of drug-likeness (QED) is 0.926. The van der Waals surface area contributed by atoms with E-state index in [9.17, 15) is 18.0 Å². The predicted molar refractivity (Wildman–Crippen MR) is 63.1 cm³/mol. The van der Waals surface area contributed by atoms with Gasteiger partial charge in [-0.05, 0) is 25.1 Å². The van der Waals surface area contributed by atoms with E-state index in [0.29, 0.717) is 0 Å². The van der Waals surface area contributed by atoms with E-state index in [1.807, 2.05) is 0 Å². The molecule has 5 nitrogen and oxygen atoms in total. The smallest absolute Gasteiger partial charge is 0.418 e. The van der Waals surface area contributed by atoms with Crippen LogP contribution in [0.25, 0.3) is 5.69 Å². The molecule has 0 aliphatic carbocycles. The Morgan fingerprint density at radius 1 is 1.40 bits per heavy atom. The van der Waals surface area contributed by atoms with Crippen LogP contribution >= 0.6 is 11.6 Å². The van der Waals surface area contributed by atoms with E-state index in [1.165, 1.54) is 13.0 Å². The van der Waals surface area contributed by atoms with Gasteiger partial charge in [-0.2, -0.15) is 13.2 Å². The van der Waals surface area contributed by atoms with Gasteiger partial charge in [0, 0.05) is 5.02 Å². The van der Waals surface area contributed by atoms with Crippen molar-refractivity contribution >= 4 is 17.6 Å². The number of halogens is 4. The number of benzene rings is 1. The Hall–Kier alpha value is -2.09. The molecule has 0 fully saturated rings. The van der Waals surface area contributed by atoms with E-state index in [4.69, 9.17) is 16.7 Å². The lowest BCUT2D eigenvalue weighted by Gasteiger charge is -2.13. The van der Waals surface area contributed by atoms with Crippen LogP contribution in [0.15, 0.2) is 18.2 Å². The summed E-state index contributed by atoms with van der Waals surface area (Å²) in [6, 6.07) is 3.12. The molecule has 1 N–H and O–H groups in total. The van der Waals surface area contributed by atoms with E-state index in [0.717, 1.165) is 16.8 Å². The molecule has 1 aromatic heterocycles. The van der Waals surface area contributed by atoms with Gasteiger partial charge in [0.1, 0.15) is 0 Å². The summed E-state index contributed by atoms with van der Waals surface area (Å²) in [6.45, 7) is 1.32. The van der Waals surface area contributed by atoms with Gasteiger partial charge >= 0.3 is 12.1 Å². The Balaban J connectivity index is 2.68. The van der Waals surface area contributed by atoms with Crippen molar-refractivity contribution in [3.8, 4) is 5.69 Å². The van der Waals surface area contributed by atoms with Crippen LogP contribution in [0.5, 0.6) is 0 Å². The molecule has 0 unspecified atom stereocenters. The van der Waals surface area contributed by atoms with Gasteiger partial charge in [-0.25, -0.2) is 9.48 Å². The fourth-order valence-corrected chi connectivity index (χ4v) is 1.85. The Bertz CT molecular complexity index is 682. The molecule has 106 valence electrons. The first-order valence-electron chi connectivity index (χ1n) is 5.24. The normalized spacial score (nSPS) is 11.7. The maximum atomic E-state index is 13.0. The van der Waals surface area contributed by atoms with Gasteiger partial charge in [0.05, 0.1) is 16.9 Å². The molecule has 0 saturated heterocycles. The van der Waals surface area contributed by atoms with Gasteiger partial charge in [0.15, 0.2) is 5.69 Å². The number of hydrogen-bond donors (Lipinski definition) is 1. The van der Waals surface area contributed by atoms with Gasteiger partial charge in [-0.15, -0.1) is 5.10 Å². The Morgan fingerprint density at radius 2 is 2.05 bits per heavy atom. The topological polar surface area (TPSA) is 68.0 Å². The summed E-state index contributed by atoms with van der Waals surface area (Å²) in [5.41, 5.74) is -1.77. The molecule has 0 aliphatic rings. The molecule has 0 atom stereocenters. The third kappa shape index (κ3) is 2.46. The molecule has 0 saturated carbocycles. The standard InChI is InChI=1S/C11H7ClF3N3O2/c1-5-9(10(19)20)16-17-18(5)8-3-2-6(12)4-7(8)11(13,14)15/h2-4H,1H3,(H,19,20). The van der Waals surface area contributed by atoms with Gasteiger partial charge in [0.25, 0.3) is 0 Å². The van der Waals surface area contributed by atoms with Crippen LogP contribution in [0.2, 0.25) is 5.02 Å². The minimum Gasteiger partial charge on any atom is -0.476 e. The zero-order valence-electron chi connectivity index (χ0n) is 9.94. The highest BCUT2D eigenvalue weighted by Gasteiger charge is 2.35. The molecular formula is C11H7ClF3N3O2. The molecular weight excluding hydrogens is 299 g/mol. The summed E-state index contributed by atoms with van der Waals surface area (Å²) in [4.78, 5) is 10.8. The molecule has 20 heavy (non-hydrogen) atoms. The Kier molecular flexibility index (Phi) is 3.43. The van der Waals surface area contributed by atoms with E-state index in [2.05, 4.69) is 10.3 Å². The maximum Gasteiger partial charge on any atom is 0.418 e. The minimum absolute atomic E-state index is 0.00896. The maximum absolute atomic E-state index is 13.0. The zero-order chi connectivity index (χ0) is 15.1. The largest absolute Gasteiger partial charge is 0.476 e. The molecule has 9 heteroatoms. The molecule has 0 bridgehead atoms. The molecule has 2 aromatic rings. The third-order valence-electron chi connectivity index (χ3n) is 2.59. The van der Waals surface area contributed by atoms with Gasteiger partial charge < -0.3 is 5.11 Å². The number of hydrogen-bond acceptors (Lipinski definition) is 3. The molecule has 2 rings (SSSR count). The fourth-order valence-electron chi connectivity index (χ4n) is 1.68. The van der Waals surface area contributed by atoms with Crippen LogP contribution in [0.3, 0.4) is 0 Å². The van der Waals surface area contributed by atoms with Crippen molar-refractivity contribution in [3.05, 3.63) is 40.2 Å². The summed E-state index contributed by atoms with van der Waals surface area (Å²) in [5, 5.41) is 15.6. The van der Waals surface area contributed by atoms with Crippen LogP contribution in [0.4, 0.5) is 13.2 Å². The second kappa shape index (κ2) is 4.78. The summed E-state index contributed by atoms with van der Waals surface area (Å²) in [6.07, 6.45) is -4.65. The number of alkyl halides is 3. The average molecular weight is 306 g/mol. The second-order valence-electron chi connectivity index (χ2n) is 3.90. The third-order valence-corrected chi connectivity index (χ3v) is 2.82. The number of carboxylic acids is 1. The van der Waals surface area contributed by atoms with Crippen molar-refractivity contribution in [2.75, 3.05) is 0 Å². The minimum atomic E-state index is -4.65. The first-order chi connectivity index (χ1) is 9.21. The van der Waals surface area contributed by atoms with E-state index >= 15 is 0 Å². The van der Waals surface area contributed by atoms with Crippen molar-refractivity contribution in [1.82, 2.24) is 15.0 Å². The van der Waals surface area contributed by atoms with Crippen LogP contribution in [-0.2, 0) is 6.18 Å². The second-order valence-corrected chi connectivity index (χ2v) is 4.34. The number of aromatic carboxylic acids is 1. The summed E-state index contributed by atoms with van der Waals surface area (Å²) in [7, 11) is 0. The average Bonchev–Trinajstić information content (AvgIpc) is 2.70.